The van der Waals surface area contributed by atoms with E-state index >= 15 is 0 Å². The van der Waals surface area contributed by atoms with Gasteiger partial charge in [0.25, 0.3) is 0 Å². The molecule has 1 amide bonds. The van der Waals surface area contributed by atoms with Crippen LogP contribution < -0.4 is 0 Å². The zero-order chi connectivity index (χ0) is 17.7. The van der Waals surface area contributed by atoms with E-state index in [-0.39, 0.29) is 11.7 Å². The Bertz CT molecular complexity index is 691. The predicted molar refractivity (Wildman–Crippen MR) is 102 cm³/mol. The maximum Gasteiger partial charge on any atom is 0.247 e. The van der Waals surface area contributed by atoms with Gasteiger partial charge in [-0.1, -0.05) is 83.0 Å². The van der Waals surface area contributed by atoms with E-state index in [4.69, 9.17) is 0 Å². The molecular formula is C21H22BrNO2. The maximum atomic E-state index is 13.3. The van der Waals surface area contributed by atoms with Crippen LogP contribution in [0.5, 0.6) is 0 Å². The summed E-state index contributed by atoms with van der Waals surface area (Å²) in [4.78, 5) is 27.6. The molecule has 1 aliphatic rings. The highest BCUT2D eigenvalue weighted by Crippen LogP contribution is 2.35. The number of alkyl halides is 1. The molecule has 2 aromatic rings. The molecule has 2 aromatic carbocycles. The minimum Gasteiger partial charge on any atom is -0.332 e. The fraction of sp³-hybridized carbons (Fsp3) is 0.333. The van der Waals surface area contributed by atoms with Crippen LogP contribution >= 0.6 is 15.9 Å². The van der Waals surface area contributed by atoms with Gasteiger partial charge in [-0.2, -0.15) is 0 Å². The Kier molecular flexibility index (Phi) is 5.69. The van der Waals surface area contributed by atoms with Crippen molar-refractivity contribution in [1.82, 2.24) is 4.90 Å². The molecule has 0 spiro atoms. The van der Waals surface area contributed by atoms with E-state index in [1.54, 1.807) is 4.90 Å². The zero-order valence-corrected chi connectivity index (χ0v) is 15.7. The van der Waals surface area contributed by atoms with E-state index in [9.17, 15) is 9.59 Å². The number of hydrogen-bond acceptors (Lipinski definition) is 2. The van der Waals surface area contributed by atoms with Gasteiger partial charge in [-0.05, 0) is 24.0 Å². The van der Waals surface area contributed by atoms with Crippen molar-refractivity contribution in [3.8, 4) is 0 Å². The highest BCUT2D eigenvalue weighted by molar-refractivity contribution is 9.10. The number of hydrogen-bond donors (Lipinski definition) is 0. The van der Waals surface area contributed by atoms with Gasteiger partial charge in [0.05, 0.1) is 0 Å². The quantitative estimate of drug-likeness (QED) is 0.548. The molecule has 1 fully saturated rings. The lowest BCUT2D eigenvalue weighted by Gasteiger charge is -2.34. The number of rotatable bonds is 5. The van der Waals surface area contributed by atoms with Gasteiger partial charge in [-0.25, -0.2) is 0 Å². The molecule has 1 atom stereocenters. The van der Waals surface area contributed by atoms with Crippen molar-refractivity contribution in [3.63, 3.8) is 0 Å². The molecule has 3 nitrogen and oxygen atoms in total. The lowest BCUT2D eigenvalue weighted by atomic mass is 9.86. The SMILES string of the molecule is O=C1CCCCC1(Br)C(=O)N(Cc1ccccc1)Cc1ccccc1. The van der Waals surface area contributed by atoms with Crippen LogP contribution in [0, 0.1) is 0 Å². The third-order valence-corrected chi connectivity index (χ3v) is 5.85. The van der Waals surface area contributed by atoms with Crippen LogP contribution in [0.15, 0.2) is 60.7 Å². The number of amides is 1. The number of ketones is 1. The molecule has 3 rings (SSSR count). The van der Waals surface area contributed by atoms with E-state index in [1.807, 2.05) is 60.7 Å². The molecule has 0 bridgehead atoms. The molecule has 0 radical (unpaired) electrons. The lowest BCUT2D eigenvalue weighted by Crippen LogP contribution is -2.50. The van der Waals surface area contributed by atoms with Crippen LogP contribution in [-0.4, -0.2) is 20.9 Å². The second kappa shape index (κ2) is 7.96. The third kappa shape index (κ3) is 4.18. The Balaban J connectivity index is 1.86. The number of carbonyl (C=O) groups excluding carboxylic acids is 2. The summed E-state index contributed by atoms with van der Waals surface area (Å²) in [6.07, 6.45) is 2.82. The smallest absolute Gasteiger partial charge is 0.247 e. The molecule has 0 N–H and O–H groups in total. The van der Waals surface area contributed by atoms with Crippen LogP contribution in [0.1, 0.15) is 36.8 Å². The van der Waals surface area contributed by atoms with Crippen LogP contribution in [0.2, 0.25) is 0 Å². The van der Waals surface area contributed by atoms with Crippen molar-refractivity contribution in [3.05, 3.63) is 71.8 Å². The Hall–Kier alpha value is -1.94. The van der Waals surface area contributed by atoms with Gasteiger partial charge in [0, 0.05) is 19.5 Å². The molecule has 1 aliphatic carbocycles. The van der Waals surface area contributed by atoms with Crippen molar-refractivity contribution in [2.45, 2.75) is 43.1 Å². The highest BCUT2D eigenvalue weighted by atomic mass is 79.9. The van der Waals surface area contributed by atoms with Gasteiger partial charge in [0.2, 0.25) is 5.91 Å². The minimum atomic E-state index is -1.06. The van der Waals surface area contributed by atoms with Gasteiger partial charge in [-0.3, -0.25) is 9.59 Å². The van der Waals surface area contributed by atoms with Crippen molar-refractivity contribution < 1.29 is 9.59 Å². The summed E-state index contributed by atoms with van der Waals surface area (Å²) < 4.78 is -1.06. The standard InChI is InChI=1S/C21H22BrNO2/c22-21(14-8-7-13-19(21)24)20(25)23(15-17-9-3-1-4-10-17)16-18-11-5-2-6-12-18/h1-6,9-12H,7-8,13-16H2. The number of Topliss-reactive ketones (excluding diaryl/α,β-unsaturated/α-hetero) is 1. The van der Waals surface area contributed by atoms with E-state index in [0.717, 1.165) is 24.0 Å². The van der Waals surface area contributed by atoms with Gasteiger partial charge < -0.3 is 4.90 Å². The van der Waals surface area contributed by atoms with E-state index in [1.165, 1.54) is 0 Å². The predicted octanol–water partition coefficient (Wildman–Crippen LogP) is 4.49. The number of halogens is 1. The molecule has 4 heteroatoms. The summed E-state index contributed by atoms with van der Waals surface area (Å²) in [5, 5.41) is 0. The number of carbonyl (C=O) groups is 2. The summed E-state index contributed by atoms with van der Waals surface area (Å²) >= 11 is 3.51. The fourth-order valence-electron chi connectivity index (χ4n) is 3.28. The summed E-state index contributed by atoms with van der Waals surface area (Å²) in [5.74, 6) is -0.111. The summed E-state index contributed by atoms with van der Waals surface area (Å²) in [5.41, 5.74) is 2.12. The highest BCUT2D eigenvalue weighted by Gasteiger charge is 2.46. The minimum absolute atomic E-state index is 0.00914. The largest absolute Gasteiger partial charge is 0.332 e. The first kappa shape index (κ1) is 17.9. The first-order valence-electron chi connectivity index (χ1n) is 8.69. The van der Waals surface area contributed by atoms with E-state index in [0.29, 0.717) is 25.9 Å². The molecule has 0 aromatic heterocycles. The van der Waals surface area contributed by atoms with Gasteiger partial charge in [-0.15, -0.1) is 0 Å². The summed E-state index contributed by atoms with van der Waals surface area (Å²) in [6, 6.07) is 19.8. The molecule has 0 aliphatic heterocycles. The van der Waals surface area contributed by atoms with E-state index < -0.39 is 4.32 Å². The molecule has 25 heavy (non-hydrogen) atoms. The van der Waals surface area contributed by atoms with Gasteiger partial charge >= 0.3 is 0 Å². The number of benzene rings is 2. The van der Waals surface area contributed by atoms with Crippen LogP contribution in [0.3, 0.4) is 0 Å². The summed E-state index contributed by atoms with van der Waals surface area (Å²) in [6.45, 7) is 0.990. The van der Waals surface area contributed by atoms with Crippen LogP contribution in [-0.2, 0) is 22.7 Å². The van der Waals surface area contributed by atoms with Gasteiger partial charge in [0.1, 0.15) is 0 Å². The molecule has 0 saturated heterocycles. The first-order chi connectivity index (χ1) is 12.1. The third-order valence-electron chi connectivity index (χ3n) is 4.68. The molecule has 1 saturated carbocycles. The fourth-order valence-corrected chi connectivity index (χ4v) is 4.01. The topological polar surface area (TPSA) is 37.4 Å². The molecular weight excluding hydrogens is 378 g/mol. The average Bonchev–Trinajstić information content (AvgIpc) is 2.65. The Morgan fingerprint density at radius 2 is 1.44 bits per heavy atom. The van der Waals surface area contributed by atoms with Crippen molar-refractivity contribution in [1.29, 1.82) is 0 Å². The monoisotopic (exact) mass is 399 g/mol. The Morgan fingerprint density at radius 3 is 1.92 bits per heavy atom. The van der Waals surface area contributed by atoms with Crippen LogP contribution in [0.4, 0.5) is 0 Å². The average molecular weight is 400 g/mol. The molecule has 130 valence electrons. The first-order valence-corrected chi connectivity index (χ1v) is 9.48. The maximum absolute atomic E-state index is 13.3. The second-order valence-corrected chi connectivity index (χ2v) is 7.92. The Morgan fingerprint density at radius 1 is 0.920 bits per heavy atom. The zero-order valence-electron chi connectivity index (χ0n) is 14.2. The van der Waals surface area contributed by atoms with Crippen molar-refractivity contribution in [2.75, 3.05) is 0 Å². The Labute approximate surface area is 157 Å². The van der Waals surface area contributed by atoms with E-state index in [2.05, 4.69) is 15.9 Å². The lowest BCUT2D eigenvalue weighted by molar-refractivity contribution is -0.141. The van der Waals surface area contributed by atoms with Crippen LogP contribution in [0.25, 0.3) is 0 Å². The second-order valence-electron chi connectivity index (χ2n) is 6.56. The van der Waals surface area contributed by atoms with Crippen molar-refractivity contribution >= 4 is 27.6 Å². The molecule has 0 heterocycles. The van der Waals surface area contributed by atoms with Gasteiger partial charge in [0.15, 0.2) is 10.1 Å². The molecule has 1 unspecified atom stereocenters. The normalized spacial score (nSPS) is 20.3. The van der Waals surface area contributed by atoms with Crippen molar-refractivity contribution in [2.24, 2.45) is 0 Å². The number of nitrogens with zero attached hydrogens (tertiary/aromatic N) is 1. The summed E-state index contributed by atoms with van der Waals surface area (Å²) in [7, 11) is 0.